The number of rotatable bonds is 7. The van der Waals surface area contributed by atoms with Gasteiger partial charge < -0.3 is 9.47 Å². The predicted octanol–water partition coefficient (Wildman–Crippen LogP) is 7.21. The fourth-order valence-electron chi connectivity index (χ4n) is 4.54. The second-order valence-corrected chi connectivity index (χ2v) is 11.1. The molecule has 0 aliphatic heterocycles. The number of halogens is 1. The monoisotopic (exact) mass is 523 g/mol. The summed E-state index contributed by atoms with van der Waals surface area (Å²) >= 11 is 0. The lowest BCUT2D eigenvalue weighted by Crippen LogP contribution is -2.32. The fourth-order valence-corrected chi connectivity index (χ4v) is 6.64. The first-order valence-corrected chi connectivity index (χ1v) is 13.9. The molecule has 4 aromatic rings. The van der Waals surface area contributed by atoms with Gasteiger partial charge in [-0.2, -0.15) is 0 Å². The van der Waals surface area contributed by atoms with Gasteiger partial charge in [0, 0.05) is 11.6 Å². The highest BCUT2D eigenvalue weighted by Crippen LogP contribution is 2.34. The van der Waals surface area contributed by atoms with E-state index in [9.17, 15) is 4.79 Å². The maximum atomic E-state index is 15.2. The molecule has 4 aromatic carbocycles. The molecule has 38 heavy (non-hydrogen) atoms. The summed E-state index contributed by atoms with van der Waals surface area (Å²) in [6, 6.07) is 34.6. The Morgan fingerprint density at radius 1 is 0.789 bits per heavy atom. The van der Waals surface area contributed by atoms with Gasteiger partial charge in [0.25, 0.3) is 0 Å². The number of carbonyl (C=O) groups excluding carboxylic acids is 1. The zero-order valence-electron chi connectivity index (χ0n) is 20.9. The molecule has 0 unspecified atom stereocenters. The molecule has 0 heterocycles. The van der Waals surface area contributed by atoms with Crippen molar-refractivity contribution in [1.82, 2.24) is 0 Å². The fraction of sp³-hybridized carbons (Fsp3) is 0.182. The molecule has 3 nitrogen and oxygen atoms in total. The van der Waals surface area contributed by atoms with Crippen LogP contribution < -0.4 is 4.74 Å². The maximum Gasteiger partial charge on any atom is 0.345 e. The molecule has 1 saturated carbocycles. The summed E-state index contributed by atoms with van der Waals surface area (Å²) in [6.07, 6.45) is 3.25. The molecule has 0 atom stereocenters. The largest absolute Gasteiger partial charge is 0.479 e. The van der Waals surface area contributed by atoms with Gasteiger partial charge in [0.05, 0.1) is 10.9 Å². The number of benzene rings is 4. The molecular formula is C33H28FO3S+. The lowest BCUT2D eigenvalue weighted by Gasteiger charge is -2.23. The van der Waals surface area contributed by atoms with Gasteiger partial charge >= 0.3 is 5.97 Å². The highest BCUT2D eigenvalue weighted by atomic mass is 32.2. The summed E-state index contributed by atoms with van der Waals surface area (Å²) in [5.74, 6) is 5.27. The maximum absolute atomic E-state index is 15.2. The van der Waals surface area contributed by atoms with Gasteiger partial charge in [-0.15, -0.1) is 0 Å². The first kappa shape index (κ1) is 25.6. The Morgan fingerprint density at radius 3 is 1.95 bits per heavy atom. The Labute approximate surface area is 226 Å². The van der Waals surface area contributed by atoms with Gasteiger partial charge in [0.2, 0.25) is 0 Å². The van der Waals surface area contributed by atoms with Crippen molar-refractivity contribution in [3.05, 3.63) is 121 Å². The molecule has 190 valence electrons. The van der Waals surface area contributed by atoms with Gasteiger partial charge in [-0.3, -0.25) is 0 Å². The SMILES string of the molecule is O=C(COc1ccc([S+](c2ccccc2)c2ccccc2)cc1F)OC1(C#Cc2ccccc2)CCCC1. The number of ether oxygens (including phenoxy) is 2. The molecular weight excluding hydrogens is 495 g/mol. The lowest BCUT2D eigenvalue weighted by molar-refractivity contribution is -0.156. The summed E-state index contributed by atoms with van der Waals surface area (Å²) in [5, 5.41) is 0. The van der Waals surface area contributed by atoms with Crippen LogP contribution in [0.2, 0.25) is 0 Å². The molecule has 1 fully saturated rings. The molecule has 0 bridgehead atoms. The van der Waals surface area contributed by atoms with E-state index >= 15 is 4.39 Å². The normalized spacial score (nSPS) is 13.9. The zero-order chi connectivity index (χ0) is 26.2. The first-order valence-electron chi connectivity index (χ1n) is 12.7. The van der Waals surface area contributed by atoms with Gasteiger partial charge in [-0.1, -0.05) is 60.5 Å². The van der Waals surface area contributed by atoms with E-state index in [0.717, 1.165) is 33.1 Å². The Balaban J connectivity index is 1.28. The van der Waals surface area contributed by atoms with Crippen molar-refractivity contribution in [3.63, 3.8) is 0 Å². The van der Waals surface area contributed by atoms with Crippen molar-refractivity contribution >= 4 is 16.9 Å². The summed E-state index contributed by atoms with van der Waals surface area (Å²) in [6.45, 7) is -0.381. The molecule has 5 heteroatoms. The minimum absolute atomic E-state index is 0.0196. The molecule has 1 aliphatic rings. The van der Waals surface area contributed by atoms with Crippen molar-refractivity contribution in [2.75, 3.05) is 6.61 Å². The van der Waals surface area contributed by atoms with Crippen molar-refractivity contribution < 1.29 is 18.7 Å². The number of hydrogen-bond donors (Lipinski definition) is 0. The minimum atomic E-state index is -0.821. The Hall–Kier alpha value is -4.01. The van der Waals surface area contributed by atoms with E-state index < -0.39 is 28.3 Å². The standard InChI is InChI=1S/C33H28FO3S/c34-30-24-29(38(27-14-6-2-7-15-27)28-16-8-3-9-17-28)18-19-31(30)36-25-32(35)37-33(21-10-11-22-33)23-20-26-12-4-1-5-13-26/h1-9,12-19,24H,10-11,21-22,25H2/q+1. The van der Waals surface area contributed by atoms with Crippen molar-refractivity contribution in [3.8, 4) is 17.6 Å². The van der Waals surface area contributed by atoms with Crippen molar-refractivity contribution in [2.45, 2.75) is 46.0 Å². The molecule has 1 aliphatic carbocycles. The molecule has 5 rings (SSSR count). The third-order valence-corrected chi connectivity index (χ3v) is 8.58. The predicted molar refractivity (Wildman–Crippen MR) is 148 cm³/mol. The van der Waals surface area contributed by atoms with E-state index in [1.54, 1.807) is 6.07 Å². The topological polar surface area (TPSA) is 35.5 Å². The van der Waals surface area contributed by atoms with Crippen LogP contribution in [0.5, 0.6) is 5.75 Å². The summed E-state index contributed by atoms with van der Waals surface area (Å²) in [4.78, 5) is 15.7. The number of carbonyl (C=O) groups is 1. The summed E-state index contributed by atoms with van der Waals surface area (Å²) in [5.41, 5.74) is 0.0523. The van der Waals surface area contributed by atoms with Crippen molar-refractivity contribution in [1.29, 1.82) is 0 Å². The lowest BCUT2D eigenvalue weighted by atomic mass is 10.0. The van der Waals surface area contributed by atoms with Gasteiger partial charge in [0.15, 0.2) is 38.5 Å². The van der Waals surface area contributed by atoms with Crippen LogP contribution in [0.4, 0.5) is 4.39 Å². The zero-order valence-corrected chi connectivity index (χ0v) is 21.8. The van der Waals surface area contributed by atoms with Crippen LogP contribution >= 0.6 is 0 Å². The van der Waals surface area contributed by atoms with Crippen LogP contribution in [-0.4, -0.2) is 18.2 Å². The Bertz CT molecular complexity index is 1380. The second kappa shape index (κ2) is 12.0. The third-order valence-electron chi connectivity index (χ3n) is 6.37. The number of esters is 1. The highest BCUT2D eigenvalue weighted by molar-refractivity contribution is 7.97. The Morgan fingerprint density at radius 2 is 1.37 bits per heavy atom. The van der Waals surface area contributed by atoms with E-state index in [4.69, 9.17) is 9.47 Å². The van der Waals surface area contributed by atoms with E-state index in [2.05, 4.69) is 11.8 Å². The van der Waals surface area contributed by atoms with Crippen LogP contribution in [-0.2, 0) is 20.4 Å². The van der Waals surface area contributed by atoms with E-state index in [1.165, 1.54) is 6.07 Å². The van der Waals surface area contributed by atoms with E-state index in [0.29, 0.717) is 12.8 Å². The molecule has 0 radical (unpaired) electrons. The quantitative estimate of drug-likeness (QED) is 0.146. The van der Waals surface area contributed by atoms with Gasteiger partial charge in [-0.25, -0.2) is 9.18 Å². The van der Waals surface area contributed by atoms with Crippen LogP contribution in [0, 0.1) is 17.7 Å². The van der Waals surface area contributed by atoms with Crippen LogP contribution in [0.25, 0.3) is 0 Å². The second-order valence-electron chi connectivity index (χ2n) is 9.10. The smallest absolute Gasteiger partial charge is 0.345 e. The summed E-state index contributed by atoms with van der Waals surface area (Å²) in [7, 11) is -0.476. The third kappa shape index (κ3) is 6.27. The average Bonchev–Trinajstić information content (AvgIpc) is 3.42. The van der Waals surface area contributed by atoms with E-state index in [1.807, 2.05) is 97.1 Å². The first-order chi connectivity index (χ1) is 18.6. The van der Waals surface area contributed by atoms with Crippen LogP contribution in [0.3, 0.4) is 0 Å². The molecule has 0 N–H and O–H groups in total. The van der Waals surface area contributed by atoms with Crippen LogP contribution in [0.15, 0.2) is 124 Å². The molecule has 0 saturated heterocycles. The van der Waals surface area contributed by atoms with Gasteiger partial charge in [-0.05, 0) is 80.1 Å². The molecule has 0 spiro atoms. The highest BCUT2D eigenvalue weighted by Gasteiger charge is 2.36. The van der Waals surface area contributed by atoms with E-state index in [-0.39, 0.29) is 12.4 Å². The number of hydrogen-bond acceptors (Lipinski definition) is 3. The van der Waals surface area contributed by atoms with Crippen molar-refractivity contribution in [2.24, 2.45) is 0 Å². The van der Waals surface area contributed by atoms with Crippen LogP contribution in [0.1, 0.15) is 31.2 Å². The summed E-state index contributed by atoms with van der Waals surface area (Å²) < 4.78 is 26.6. The molecule has 0 aromatic heterocycles. The molecule has 0 amide bonds. The minimum Gasteiger partial charge on any atom is -0.479 e. The van der Waals surface area contributed by atoms with Gasteiger partial charge in [0.1, 0.15) is 0 Å². The average molecular weight is 524 g/mol. The Kier molecular flexibility index (Phi) is 8.11.